The smallest absolute Gasteiger partial charge is 0.266 e. The second-order valence-corrected chi connectivity index (χ2v) is 5.55. The number of amides is 1. The molecule has 0 radical (unpaired) electrons. The van der Waals surface area contributed by atoms with Crippen LogP contribution in [-0.4, -0.2) is 35.4 Å². The Morgan fingerprint density at radius 1 is 1.42 bits per heavy atom. The van der Waals surface area contributed by atoms with E-state index in [1.807, 2.05) is 0 Å². The average Bonchev–Trinajstić information content (AvgIpc) is 2.65. The van der Waals surface area contributed by atoms with Crippen molar-refractivity contribution in [3.8, 4) is 0 Å². The maximum absolute atomic E-state index is 12.8. The van der Waals surface area contributed by atoms with Gasteiger partial charge in [0.15, 0.2) is 0 Å². The number of thiocarbonyl (C=S) groups is 1. The Morgan fingerprint density at radius 3 is 2.74 bits per heavy atom. The predicted molar refractivity (Wildman–Crippen MR) is 78.2 cm³/mol. The summed E-state index contributed by atoms with van der Waals surface area (Å²) >= 11 is 6.41. The van der Waals surface area contributed by atoms with E-state index in [4.69, 9.17) is 17.0 Å². The van der Waals surface area contributed by atoms with E-state index in [9.17, 15) is 9.18 Å². The lowest BCUT2D eigenvalue weighted by Crippen LogP contribution is -2.31. The second kappa shape index (κ2) is 6.27. The second-order valence-electron chi connectivity index (χ2n) is 3.88. The van der Waals surface area contributed by atoms with Gasteiger partial charge in [0.05, 0.1) is 18.1 Å². The Hall–Kier alpha value is -1.24. The Bertz CT molecular complexity index is 528. The van der Waals surface area contributed by atoms with Crippen LogP contribution in [0.15, 0.2) is 29.2 Å². The van der Waals surface area contributed by atoms with Crippen molar-refractivity contribution >= 4 is 40.3 Å². The number of benzene rings is 1. The van der Waals surface area contributed by atoms with Crippen molar-refractivity contribution in [2.45, 2.75) is 0 Å². The van der Waals surface area contributed by atoms with Crippen LogP contribution >= 0.6 is 24.0 Å². The zero-order valence-electron chi connectivity index (χ0n) is 10.3. The third kappa shape index (κ3) is 3.40. The van der Waals surface area contributed by atoms with Gasteiger partial charge in [-0.25, -0.2) is 4.39 Å². The molecule has 100 valence electrons. The Balaban J connectivity index is 2.16. The van der Waals surface area contributed by atoms with E-state index >= 15 is 0 Å². The molecule has 6 heteroatoms. The van der Waals surface area contributed by atoms with Crippen LogP contribution in [0.3, 0.4) is 0 Å². The minimum atomic E-state index is -0.301. The van der Waals surface area contributed by atoms with E-state index in [0.717, 1.165) is 5.56 Å². The number of nitrogens with zero attached hydrogens (tertiary/aromatic N) is 1. The number of hydrogen-bond acceptors (Lipinski definition) is 4. The normalized spacial score (nSPS) is 17.6. The third-order valence-electron chi connectivity index (χ3n) is 2.56. The van der Waals surface area contributed by atoms with Crippen molar-refractivity contribution in [1.82, 2.24) is 4.90 Å². The van der Waals surface area contributed by atoms with E-state index in [2.05, 4.69) is 0 Å². The quantitative estimate of drug-likeness (QED) is 0.631. The minimum absolute atomic E-state index is 0.128. The minimum Gasteiger partial charge on any atom is -0.383 e. The van der Waals surface area contributed by atoms with Gasteiger partial charge < -0.3 is 4.74 Å². The molecule has 2 rings (SSSR count). The molecule has 1 aliphatic heterocycles. The zero-order valence-corrected chi connectivity index (χ0v) is 11.9. The van der Waals surface area contributed by atoms with Crippen molar-refractivity contribution in [3.05, 3.63) is 40.6 Å². The fraction of sp³-hybridized carbons (Fsp3) is 0.231. The van der Waals surface area contributed by atoms with Crippen LogP contribution in [0.4, 0.5) is 4.39 Å². The van der Waals surface area contributed by atoms with Gasteiger partial charge in [-0.05, 0) is 23.8 Å². The number of carbonyl (C=O) groups is 1. The summed E-state index contributed by atoms with van der Waals surface area (Å²) < 4.78 is 18.3. The molecule has 0 atom stereocenters. The molecule has 0 saturated carbocycles. The molecule has 0 bridgehead atoms. The molecule has 1 aromatic rings. The lowest BCUT2D eigenvalue weighted by Gasteiger charge is -2.12. The highest BCUT2D eigenvalue weighted by molar-refractivity contribution is 8.26. The van der Waals surface area contributed by atoms with Gasteiger partial charge in [-0.3, -0.25) is 9.69 Å². The van der Waals surface area contributed by atoms with Crippen LogP contribution in [0.2, 0.25) is 0 Å². The summed E-state index contributed by atoms with van der Waals surface area (Å²) in [6.45, 7) is 0.887. The van der Waals surface area contributed by atoms with Crippen molar-refractivity contribution in [3.63, 3.8) is 0 Å². The van der Waals surface area contributed by atoms with Crippen molar-refractivity contribution in [2.75, 3.05) is 20.3 Å². The van der Waals surface area contributed by atoms with Crippen LogP contribution < -0.4 is 0 Å². The van der Waals surface area contributed by atoms with Crippen LogP contribution in [0.5, 0.6) is 0 Å². The SMILES string of the molecule is COCCN1C(=O)/C(=C\c2ccc(F)cc2)SC1=S. The number of ether oxygens (including phenoxy) is 1. The largest absolute Gasteiger partial charge is 0.383 e. The summed E-state index contributed by atoms with van der Waals surface area (Å²) in [6.07, 6.45) is 1.71. The van der Waals surface area contributed by atoms with Crippen molar-refractivity contribution in [1.29, 1.82) is 0 Å². The first-order valence-electron chi connectivity index (χ1n) is 5.61. The molecular formula is C13H12FNO2S2. The van der Waals surface area contributed by atoms with E-state index in [1.165, 1.54) is 28.8 Å². The van der Waals surface area contributed by atoms with Gasteiger partial charge in [-0.2, -0.15) is 0 Å². The lowest BCUT2D eigenvalue weighted by atomic mass is 10.2. The van der Waals surface area contributed by atoms with E-state index in [0.29, 0.717) is 22.4 Å². The number of thioether (sulfide) groups is 1. The van der Waals surface area contributed by atoms with E-state index in [-0.39, 0.29) is 11.7 Å². The summed E-state index contributed by atoms with van der Waals surface area (Å²) in [7, 11) is 1.58. The number of methoxy groups -OCH3 is 1. The van der Waals surface area contributed by atoms with Crippen LogP contribution in [0.1, 0.15) is 5.56 Å². The Kier molecular flexibility index (Phi) is 4.68. The maximum Gasteiger partial charge on any atom is 0.266 e. The fourth-order valence-corrected chi connectivity index (χ4v) is 2.89. The molecule has 1 aromatic carbocycles. The summed E-state index contributed by atoms with van der Waals surface area (Å²) in [4.78, 5) is 14.2. The lowest BCUT2D eigenvalue weighted by molar-refractivity contribution is -0.122. The van der Waals surface area contributed by atoms with E-state index < -0.39 is 0 Å². The van der Waals surface area contributed by atoms with Gasteiger partial charge in [0, 0.05) is 7.11 Å². The monoisotopic (exact) mass is 297 g/mol. The summed E-state index contributed by atoms with van der Waals surface area (Å²) in [5.74, 6) is -0.429. The molecular weight excluding hydrogens is 285 g/mol. The molecule has 1 fully saturated rings. The molecule has 0 N–H and O–H groups in total. The summed E-state index contributed by atoms with van der Waals surface area (Å²) in [6, 6.07) is 5.96. The molecule has 1 amide bonds. The van der Waals surface area contributed by atoms with Gasteiger partial charge >= 0.3 is 0 Å². The van der Waals surface area contributed by atoms with Gasteiger partial charge in [0.25, 0.3) is 5.91 Å². The fourth-order valence-electron chi connectivity index (χ4n) is 1.59. The average molecular weight is 297 g/mol. The number of carbonyl (C=O) groups excluding carboxylic acids is 1. The highest BCUT2D eigenvalue weighted by atomic mass is 32.2. The van der Waals surface area contributed by atoms with Gasteiger partial charge in [0.2, 0.25) is 0 Å². The molecule has 1 saturated heterocycles. The highest BCUT2D eigenvalue weighted by Gasteiger charge is 2.31. The Labute approximate surface area is 120 Å². The summed E-state index contributed by atoms with van der Waals surface area (Å²) in [5, 5.41) is 0. The third-order valence-corrected chi connectivity index (χ3v) is 3.94. The molecule has 0 aromatic heterocycles. The van der Waals surface area contributed by atoms with E-state index in [1.54, 1.807) is 25.3 Å². The highest BCUT2D eigenvalue weighted by Crippen LogP contribution is 2.32. The Morgan fingerprint density at radius 2 is 2.11 bits per heavy atom. The van der Waals surface area contributed by atoms with Gasteiger partial charge in [0.1, 0.15) is 10.1 Å². The molecule has 1 heterocycles. The molecule has 0 aliphatic carbocycles. The molecule has 0 unspecified atom stereocenters. The molecule has 3 nitrogen and oxygen atoms in total. The maximum atomic E-state index is 12.8. The summed E-state index contributed by atoms with van der Waals surface area (Å²) in [5.41, 5.74) is 0.772. The first kappa shape index (κ1) is 14.2. The van der Waals surface area contributed by atoms with Crippen molar-refractivity contribution < 1.29 is 13.9 Å². The van der Waals surface area contributed by atoms with Crippen LogP contribution in [0, 0.1) is 5.82 Å². The predicted octanol–water partition coefficient (Wildman–Crippen LogP) is 2.67. The van der Waals surface area contributed by atoms with Gasteiger partial charge in [-0.1, -0.05) is 36.1 Å². The van der Waals surface area contributed by atoms with Crippen LogP contribution in [-0.2, 0) is 9.53 Å². The number of hydrogen-bond donors (Lipinski definition) is 0. The zero-order chi connectivity index (χ0) is 13.8. The standard InChI is InChI=1S/C13H12FNO2S2/c1-17-7-6-15-12(16)11(19-13(15)18)8-9-2-4-10(14)5-3-9/h2-5,8H,6-7H2,1H3/b11-8+. The first-order chi connectivity index (χ1) is 9.11. The topological polar surface area (TPSA) is 29.5 Å². The van der Waals surface area contributed by atoms with Gasteiger partial charge in [-0.15, -0.1) is 0 Å². The molecule has 1 aliphatic rings. The first-order valence-corrected chi connectivity index (χ1v) is 6.84. The molecule has 0 spiro atoms. The molecule has 19 heavy (non-hydrogen) atoms. The number of rotatable bonds is 4. The number of halogens is 1. The van der Waals surface area contributed by atoms with Crippen LogP contribution in [0.25, 0.3) is 6.08 Å². The van der Waals surface area contributed by atoms with Crippen molar-refractivity contribution in [2.24, 2.45) is 0 Å².